The first-order valence-corrected chi connectivity index (χ1v) is 6.97. The summed E-state index contributed by atoms with van der Waals surface area (Å²) in [4.78, 5) is 25.5. The number of hydrogen-bond donors (Lipinski definition) is 1. The highest BCUT2D eigenvalue weighted by Gasteiger charge is 2.46. The number of amides is 1. The van der Waals surface area contributed by atoms with Gasteiger partial charge in [-0.2, -0.15) is 0 Å². The Morgan fingerprint density at radius 3 is 2.78 bits per heavy atom. The van der Waals surface area contributed by atoms with Crippen molar-refractivity contribution in [2.45, 2.75) is 26.2 Å². The predicted molar refractivity (Wildman–Crippen MR) is 69.8 cm³/mol. The molecule has 98 valence electrons. The predicted octanol–water partition coefficient (Wildman–Crippen LogP) is 2.09. The van der Waals surface area contributed by atoms with Crippen LogP contribution < -0.4 is 0 Å². The molecule has 1 saturated carbocycles. The van der Waals surface area contributed by atoms with E-state index in [1.54, 1.807) is 11.3 Å². The number of aryl methyl sites for hydroxylation is 1. The van der Waals surface area contributed by atoms with Crippen LogP contribution in [0.4, 0.5) is 0 Å². The molecule has 1 aromatic heterocycles. The van der Waals surface area contributed by atoms with Crippen molar-refractivity contribution in [2.75, 3.05) is 13.1 Å². The lowest BCUT2D eigenvalue weighted by atomic mass is 10.2. The molecule has 0 spiro atoms. The Kier molecular flexibility index (Phi) is 3.71. The van der Waals surface area contributed by atoms with Gasteiger partial charge >= 0.3 is 5.97 Å². The van der Waals surface area contributed by atoms with Crippen molar-refractivity contribution in [3.8, 4) is 0 Å². The molecule has 0 bridgehead atoms. The number of aliphatic carboxylic acids is 1. The monoisotopic (exact) mass is 267 g/mol. The molecule has 1 aliphatic carbocycles. The zero-order chi connectivity index (χ0) is 13.3. The molecule has 1 heterocycles. The lowest BCUT2D eigenvalue weighted by molar-refractivity contribution is -0.144. The summed E-state index contributed by atoms with van der Waals surface area (Å²) in [6.07, 6.45) is 0.857. The number of thiophene rings is 1. The van der Waals surface area contributed by atoms with E-state index in [0.717, 1.165) is 6.42 Å². The summed E-state index contributed by atoms with van der Waals surface area (Å²) in [5.74, 6) is -0.672. The molecule has 2 unspecified atom stereocenters. The largest absolute Gasteiger partial charge is 0.480 e. The van der Waals surface area contributed by atoms with Gasteiger partial charge in [-0.1, -0.05) is 0 Å². The Labute approximate surface area is 110 Å². The van der Waals surface area contributed by atoms with Crippen LogP contribution in [0.1, 0.15) is 29.7 Å². The van der Waals surface area contributed by atoms with Crippen LogP contribution in [-0.2, 0) is 9.59 Å². The van der Waals surface area contributed by atoms with Gasteiger partial charge in [0, 0.05) is 23.3 Å². The minimum absolute atomic E-state index is 0.0124. The van der Waals surface area contributed by atoms with Crippen molar-refractivity contribution in [3.05, 3.63) is 21.9 Å². The van der Waals surface area contributed by atoms with Gasteiger partial charge in [-0.3, -0.25) is 9.59 Å². The summed E-state index contributed by atoms with van der Waals surface area (Å²) in [7, 11) is 0. The maximum Gasteiger partial charge on any atom is 0.323 e. The number of likely N-dealkylation sites (N-methyl/N-ethyl adjacent to an activating group) is 1. The highest BCUT2D eigenvalue weighted by molar-refractivity contribution is 7.10. The fourth-order valence-corrected chi connectivity index (χ4v) is 3.37. The van der Waals surface area contributed by atoms with Gasteiger partial charge in [0.1, 0.15) is 6.54 Å². The van der Waals surface area contributed by atoms with Gasteiger partial charge in [0.05, 0.1) is 0 Å². The lowest BCUT2D eigenvalue weighted by Gasteiger charge is -2.18. The number of rotatable bonds is 5. The van der Waals surface area contributed by atoms with Crippen LogP contribution >= 0.6 is 11.3 Å². The second-order valence-corrected chi connectivity index (χ2v) is 5.61. The molecular formula is C13H17NO3S. The Morgan fingerprint density at radius 2 is 2.28 bits per heavy atom. The number of carbonyl (C=O) groups is 2. The number of nitrogens with zero attached hydrogens (tertiary/aromatic N) is 1. The number of carbonyl (C=O) groups excluding carboxylic acids is 1. The van der Waals surface area contributed by atoms with Crippen molar-refractivity contribution in [1.82, 2.24) is 4.90 Å². The molecule has 18 heavy (non-hydrogen) atoms. The molecule has 0 radical (unpaired) electrons. The van der Waals surface area contributed by atoms with Crippen LogP contribution in [0.3, 0.4) is 0 Å². The van der Waals surface area contributed by atoms with E-state index in [4.69, 9.17) is 5.11 Å². The van der Waals surface area contributed by atoms with E-state index in [-0.39, 0.29) is 18.4 Å². The molecule has 1 N–H and O–H groups in total. The van der Waals surface area contributed by atoms with E-state index in [9.17, 15) is 9.59 Å². The molecule has 1 amide bonds. The van der Waals surface area contributed by atoms with Crippen LogP contribution in [0.2, 0.25) is 0 Å². The van der Waals surface area contributed by atoms with Crippen molar-refractivity contribution in [3.63, 3.8) is 0 Å². The van der Waals surface area contributed by atoms with Crippen molar-refractivity contribution < 1.29 is 14.7 Å². The van der Waals surface area contributed by atoms with Gasteiger partial charge in [-0.05, 0) is 37.3 Å². The van der Waals surface area contributed by atoms with Gasteiger partial charge in [0.2, 0.25) is 5.91 Å². The maximum atomic E-state index is 12.2. The Bertz CT molecular complexity index is 469. The van der Waals surface area contributed by atoms with Crippen LogP contribution in [0.15, 0.2) is 11.4 Å². The first-order chi connectivity index (χ1) is 8.54. The number of carboxylic acids is 1. The highest BCUT2D eigenvalue weighted by Crippen LogP contribution is 2.51. The van der Waals surface area contributed by atoms with E-state index >= 15 is 0 Å². The Balaban J connectivity index is 2.00. The van der Waals surface area contributed by atoms with Gasteiger partial charge in [0.25, 0.3) is 0 Å². The zero-order valence-electron chi connectivity index (χ0n) is 10.5. The Hall–Kier alpha value is -1.36. The van der Waals surface area contributed by atoms with E-state index in [2.05, 4.69) is 13.0 Å². The molecule has 5 heteroatoms. The first-order valence-electron chi connectivity index (χ1n) is 6.09. The minimum Gasteiger partial charge on any atom is -0.480 e. The van der Waals surface area contributed by atoms with Gasteiger partial charge in [-0.25, -0.2) is 0 Å². The fourth-order valence-electron chi connectivity index (χ4n) is 2.27. The molecule has 4 nitrogen and oxygen atoms in total. The zero-order valence-corrected chi connectivity index (χ0v) is 11.4. The van der Waals surface area contributed by atoms with E-state index in [1.165, 1.54) is 15.3 Å². The smallest absolute Gasteiger partial charge is 0.323 e. The summed E-state index contributed by atoms with van der Waals surface area (Å²) in [6.45, 7) is 4.13. The number of carboxylic acid groups (broad SMARTS) is 1. The molecule has 2 rings (SSSR count). The van der Waals surface area contributed by atoms with Crippen molar-refractivity contribution in [1.29, 1.82) is 0 Å². The van der Waals surface area contributed by atoms with Crippen molar-refractivity contribution in [2.24, 2.45) is 5.92 Å². The maximum absolute atomic E-state index is 12.2. The SMILES string of the molecule is CCN(CC(=O)O)C(=O)C1CC1c1sccc1C. The minimum atomic E-state index is -0.949. The number of hydrogen-bond acceptors (Lipinski definition) is 3. The fraction of sp³-hybridized carbons (Fsp3) is 0.538. The summed E-state index contributed by atoms with van der Waals surface area (Å²) < 4.78 is 0. The quantitative estimate of drug-likeness (QED) is 0.888. The molecule has 0 aromatic carbocycles. The molecule has 0 aliphatic heterocycles. The lowest BCUT2D eigenvalue weighted by Crippen LogP contribution is -2.36. The van der Waals surface area contributed by atoms with Crippen molar-refractivity contribution >= 4 is 23.2 Å². The van der Waals surface area contributed by atoms with Gasteiger partial charge in [0.15, 0.2) is 0 Å². The molecule has 1 fully saturated rings. The van der Waals surface area contributed by atoms with E-state index < -0.39 is 5.97 Å². The van der Waals surface area contributed by atoms with E-state index in [1.807, 2.05) is 12.3 Å². The first kappa shape index (κ1) is 13.1. The summed E-state index contributed by atoms with van der Waals surface area (Å²) in [6, 6.07) is 2.06. The third-order valence-electron chi connectivity index (χ3n) is 3.37. The molecule has 0 saturated heterocycles. The Morgan fingerprint density at radius 1 is 1.56 bits per heavy atom. The van der Waals surface area contributed by atoms with E-state index in [0.29, 0.717) is 12.5 Å². The average molecular weight is 267 g/mol. The van der Waals surface area contributed by atoms with Gasteiger partial charge < -0.3 is 10.0 Å². The third-order valence-corrected chi connectivity index (χ3v) is 4.52. The second kappa shape index (κ2) is 5.10. The molecule has 2 atom stereocenters. The summed E-state index contributed by atoms with van der Waals surface area (Å²) >= 11 is 1.69. The highest BCUT2D eigenvalue weighted by atomic mass is 32.1. The van der Waals surface area contributed by atoms with Crippen LogP contribution in [0.5, 0.6) is 0 Å². The molecule has 1 aliphatic rings. The van der Waals surface area contributed by atoms with Crippen LogP contribution in [0, 0.1) is 12.8 Å². The topological polar surface area (TPSA) is 57.6 Å². The third kappa shape index (κ3) is 2.56. The van der Waals surface area contributed by atoms with Crippen LogP contribution in [-0.4, -0.2) is 35.0 Å². The summed E-state index contributed by atoms with van der Waals surface area (Å²) in [5, 5.41) is 10.8. The average Bonchev–Trinajstić information content (AvgIpc) is 3.00. The van der Waals surface area contributed by atoms with Crippen LogP contribution in [0.25, 0.3) is 0 Å². The normalized spacial score (nSPS) is 21.7. The molecule has 1 aromatic rings. The standard InChI is InChI=1S/C13H17NO3S/c1-3-14(7-11(15)16)13(17)10-6-9(10)12-8(2)4-5-18-12/h4-5,9-10H,3,6-7H2,1-2H3,(H,15,16). The second-order valence-electron chi connectivity index (χ2n) is 4.66. The summed E-state index contributed by atoms with van der Waals surface area (Å²) in [5.41, 5.74) is 1.24. The molecular weight excluding hydrogens is 250 g/mol. The van der Waals surface area contributed by atoms with Gasteiger partial charge in [-0.15, -0.1) is 11.3 Å².